The van der Waals surface area contributed by atoms with Crippen molar-refractivity contribution in [3.8, 4) is 0 Å². The molecule has 1 rings (SSSR count). The van der Waals surface area contributed by atoms with Crippen LogP contribution in [0.3, 0.4) is 0 Å². The third kappa shape index (κ3) is 5.95. The van der Waals surface area contributed by atoms with E-state index in [9.17, 15) is 9.59 Å². The number of nitrogens with one attached hydrogen (secondary N) is 2. The van der Waals surface area contributed by atoms with Gasteiger partial charge in [0.2, 0.25) is 5.91 Å². The molecule has 0 saturated heterocycles. The Bertz CT molecular complexity index is 498. The van der Waals surface area contributed by atoms with Crippen LogP contribution < -0.4 is 16.4 Å². The molecule has 0 aliphatic carbocycles. The lowest BCUT2D eigenvalue weighted by Crippen LogP contribution is -2.36. The number of hydrogen-bond acceptors (Lipinski definition) is 3. The Morgan fingerprint density at radius 2 is 1.86 bits per heavy atom. The second kappa shape index (κ2) is 7.78. The van der Waals surface area contributed by atoms with Crippen LogP contribution in [0, 0.1) is 5.92 Å². The number of benzene rings is 1. The first-order valence-corrected chi connectivity index (χ1v) is 7.27. The van der Waals surface area contributed by atoms with Crippen LogP contribution in [0.2, 0.25) is 0 Å². The molecule has 1 unspecified atom stereocenters. The molecule has 0 fully saturated rings. The first kappa shape index (κ1) is 17.2. The molecule has 0 spiro atoms. The highest BCUT2D eigenvalue weighted by Crippen LogP contribution is 2.12. The van der Waals surface area contributed by atoms with Crippen molar-refractivity contribution in [1.29, 1.82) is 0 Å². The summed E-state index contributed by atoms with van der Waals surface area (Å²) in [6, 6.07) is 6.36. The van der Waals surface area contributed by atoms with E-state index >= 15 is 0 Å². The van der Waals surface area contributed by atoms with Crippen molar-refractivity contribution >= 4 is 17.5 Å². The maximum atomic E-state index is 12.0. The van der Waals surface area contributed by atoms with Crippen molar-refractivity contribution < 1.29 is 9.59 Å². The van der Waals surface area contributed by atoms with Gasteiger partial charge < -0.3 is 16.4 Å². The van der Waals surface area contributed by atoms with E-state index in [4.69, 9.17) is 5.73 Å². The Hall–Kier alpha value is -1.88. The molecule has 0 radical (unpaired) electrons. The van der Waals surface area contributed by atoms with Crippen molar-refractivity contribution in [2.45, 2.75) is 46.2 Å². The van der Waals surface area contributed by atoms with Gasteiger partial charge in [0.25, 0.3) is 5.91 Å². The van der Waals surface area contributed by atoms with Gasteiger partial charge in [-0.3, -0.25) is 9.59 Å². The normalized spacial score (nSPS) is 12.3. The lowest BCUT2D eigenvalue weighted by Gasteiger charge is -2.15. The second-order valence-electron chi connectivity index (χ2n) is 5.93. The van der Waals surface area contributed by atoms with Gasteiger partial charge >= 0.3 is 0 Å². The molecule has 0 heterocycles. The predicted molar refractivity (Wildman–Crippen MR) is 85.1 cm³/mol. The first-order chi connectivity index (χ1) is 9.79. The van der Waals surface area contributed by atoms with Gasteiger partial charge in [-0.25, -0.2) is 0 Å². The van der Waals surface area contributed by atoms with Crippen LogP contribution in [-0.4, -0.2) is 23.9 Å². The van der Waals surface area contributed by atoms with Gasteiger partial charge in [-0.15, -0.1) is 0 Å². The number of amides is 2. The maximum Gasteiger partial charge on any atom is 0.251 e. The Labute approximate surface area is 126 Å². The summed E-state index contributed by atoms with van der Waals surface area (Å²) in [6.45, 7) is 7.83. The summed E-state index contributed by atoms with van der Waals surface area (Å²) >= 11 is 0. The number of hydrogen-bond donors (Lipinski definition) is 3. The fraction of sp³-hybridized carbons (Fsp3) is 0.500. The number of nitrogens with two attached hydrogens (primary N) is 1. The minimum Gasteiger partial charge on any atom is -0.350 e. The minimum atomic E-state index is -0.543. The Morgan fingerprint density at radius 3 is 2.43 bits per heavy atom. The Balaban J connectivity index is 2.72. The van der Waals surface area contributed by atoms with E-state index in [0.29, 0.717) is 23.6 Å². The molecular formula is C16H25N3O2. The first-order valence-electron chi connectivity index (χ1n) is 7.27. The number of carbonyl (C=O) groups excluding carboxylic acids is 2. The molecule has 0 saturated carbocycles. The lowest BCUT2D eigenvalue weighted by molar-refractivity contribution is -0.117. The second-order valence-corrected chi connectivity index (χ2v) is 5.93. The Kier molecular flexibility index (Phi) is 6.37. The monoisotopic (exact) mass is 291 g/mol. The molecule has 5 heteroatoms. The van der Waals surface area contributed by atoms with Crippen molar-refractivity contribution in [2.24, 2.45) is 11.7 Å². The molecule has 1 aromatic rings. The van der Waals surface area contributed by atoms with Crippen LogP contribution in [0.1, 0.15) is 44.5 Å². The SMILES string of the molecule is CC(C)CC(N)C(=O)Nc1cccc(C(=O)NC(C)C)c1. The third-order valence-electron chi connectivity index (χ3n) is 2.87. The summed E-state index contributed by atoms with van der Waals surface area (Å²) < 4.78 is 0. The van der Waals surface area contributed by atoms with Crippen LogP contribution in [0.25, 0.3) is 0 Å². The van der Waals surface area contributed by atoms with Crippen molar-refractivity contribution in [3.05, 3.63) is 29.8 Å². The summed E-state index contributed by atoms with van der Waals surface area (Å²) in [4.78, 5) is 23.9. The van der Waals surface area contributed by atoms with E-state index in [1.165, 1.54) is 0 Å². The zero-order chi connectivity index (χ0) is 16.0. The third-order valence-corrected chi connectivity index (χ3v) is 2.87. The standard InChI is InChI=1S/C16H25N3O2/c1-10(2)8-14(17)16(21)19-13-7-5-6-12(9-13)15(20)18-11(3)4/h5-7,9-11,14H,8,17H2,1-4H3,(H,18,20)(H,19,21). The van der Waals surface area contributed by atoms with Gasteiger partial charge in [0, 0.05) is 17.3 Å². The molecule has 0 aromatic heterocycles. The molecule has 4 N–H and O–H groups in total. The van der Waals surface area contributed by atoms with Crippen LogP contribution in [0.15, 0.2) is 24.3 Å². The molecule has 0 aliphatic heterocycles. The van der Waals surface area contributed by atoms with Gasteiger partial charge in [0.15, 0.2) is 0 Å². The smallest absolute Gasteiger partial charge is 0.251 e. The molecule has 2 amide bonds. The van der Waals surface area contributed by atoms with Crippen molar-refractivity contribution in [3.63, 3.8) is 0 Å². The van der Waals surface area contributed by atoms with Gasteiger partial charge in [0.1, 0.15) is 0 Å². The van der Waals surface area contributed by atoms with Crippen LogP contribution in [0.4, 0.5) is 5.69 Å². The van der Waals surface area contributed by atoms with Gasteiger partial charge in [-0.2, -0.15) is 0 Å². The zero-order valence-electron chi connectivity index (χ0n) is 13.1. The molecule has 1 atom stereocenters. The van der Waals surface area contributed by atoms with Crippen LogP contribution >= 0.6 is 0 Å². The Morgan fingerprint density at radius 1 is 1.19 bits per heavy atom. The van der Waals surface area contributed by atoms with Crippen molar-refractivity contribution in [2.75, 3.05) is 5.32 Å². The summed E-state index contributed by atoms with van der Waals surface area (Å²) in [5.41, 5.74) is 6.93. The van der Waals surface area contributed by atoms with E-state index in [1.807, 2.05) is 27.7 Å². The molecule has 21 heavy (non-hydrogen) atoms. The van der Waals surface area contributed by atoms with Crippen LogP contribution in [0.5, 0.6) is 0 Å². The zero-order valence-corrected chi connectivity index (χ0v) is 13.1. The fourth-order valence-electron chi connectivity index (χ4n) is 1.93. The lowest BCUT2D eigenvalue weighted by atomic mass is 10.0. The van der Waals surface area contributed by atoms with E-state index < -0.39 is 6.04 Å². The average molecular weight is 291 g/mol. The summed E-state index contributed by atoms with van der Waals surface area (Å²) in [5.74, 6) is -0.0356. The highest BCUT2D eigenvalue weighted by Gasteiger charge is 2.15. The predicted octanol–water partition coefficient (Wildman–Crippen LogP) is 2.14. The topological polar surface area (TPSA) is 84.2 Å². The molecule has 0 aliphatic rings. The molecule has 1 aromatic carbocycles. The number of carbonyl (C=O) groups is 2. The molecule has 0 bridgehead atoms. The fourth-order valence-corrected chi connectivity index (χ4v) is 1.93. The average Bonchev–Trinajstić information content (AvgIpc) is 2.37. The largest absolute Gasteiger partial charge is 0.350 e. The molecule has 5 nitrogen and oxygen atoms in total. The van der Waals surface area contributed by atoms with E-state index in [-0.39, 0.29) is 17.9 Å². The summed E-state index contributed by atoms with van der Waals surface area (Å²) in [7, 11) is 0. The van der Waals surface area contributed by atoms with Crippen molar-refractivity contribution in [1.82, 2.24) is 5.32 Å². The quantitative estimate of drug-likeness (QED) is 0.750. The van der Waals surface area contributed by atoms with E-state index in [2.05, 4.69) is 10.6 Å². The molecular weight excluding hydrogens is 266 g/mol. The van der Waals surface area contributed by atoms with Gasteiger partial charge in [0.05, 0.1) is 6.04 Å². The number of anilines is 1. The van der Waals surface area contributed by atoms with Gasteiger partial charge in [-0.05, 0) is 44.4 Å². The van der Waals surface area contributed by atoms with E-state index in [1.54, 1.807) is 24.3 Å². The summed E-state index contributed by atoms with van der Waals surface area (Å²) in [6.07, 6.45) is 0.624. The molecule has 116 valence electrons. The maximum absolute atomic E-state index is 12.0. The highest BCUT2D eigenvalue weighted by atomic mass is 16.2. The highest BCUT2D eigenvalue weighted by molar-refractivity contribution is 5.98. The van der Waals surface area contributed by atoms with Crippen LogP contribution in [-0.2, 0) is 4.79 Å². The van der Waals surface area contributed by atoms with E-state index in [0.717, 1.165) is 0 Å². The number of rotatable bonds is 6. The summed E-state index contributed by atoms with van der Waals surface area (Å²) in [5, 5.41) is 5.56. The minimum absolute atomic E-state index is 0.0650. The van der Waals surface area contributed by atoms with Gasteiger partial charge in [-0.1, -0.05) is 19.9 Å².